The molecule has 0 spiro atoms. The Morgan fingerprint density at radius 3 is 2.54 bits per heavy atom. The van der Waals surface area contributed by atoms with E-state index in [0.29, 0.717) is 30.5 Å². The highest BCUT2D eigenvalue weighted by Crippen LogP contribution is 2.22. The Labute approximate surface area is 145 Å². The van der Waals surface area contributed by atoms with E-state index < -0.39 is 6.10 Å². The highest BCUT2D eigenvalue weighted by Gasteiger charge is 2.23. The zero-order valence-electron chi connectivity index (χ0n) is 13.1. The van der Waals surface area contributed by atoms with E-state index in [1.165, 1.54) is 0 Å². The van der Waals surface area contributed by atoms with Crippen molar-refractivity contribution < 1.29 is 14.3 Å². The third kappa shape index (κ3) is 4.47. The first-order chi connectivity index (χ1) is 11.7. The molecule has 0 bridgehead atoms. The number of ether oxygens (including phenoxy) is 2. The van der Waals surface area contributed by atoms with E-state index >= 15 is 0 Å². The van der Waals surface area contributed by atoms with Gasteiger partial charge in [0.15, 0.2) is 6.10 Å². The van der Waals surface area contributed by atoms with E-state index in [9.17, 15) is 4.79 Å². The van der Waals surface area contributed by atoms with Gasteiger partial charge in [-0.15, -0.1) is 0 Å². The summed E-state index contributed by atoms with van der Waals surface area (Å²) in [6.07, 6.45) is -0.567. The molecule has 1 saturated heterocycles. The first-order valence-electron chi connectivity index (χ1n) is 7.80. The molecule has 24 heavy (non-hydrogen) atoms. The minimum atomic E-state index is -0.567. The van der Waals surface area contributed by atoms with Gasteiger partial charge in [-0.1, -0.05) is 35.9 Å². The summed E-state index contributed by atoms with van der Waals surface area (Å²) in [6, 6.07) is 15.2. The van der Waals surface area contributed by atoms with Gasteiger partial charge in [-0.2, -0.15) is 0 Å². The number of anilines is 2. The second kappa shape index (κ2) is 8.15. The lowest BCUT2D eigenvalue weighted by atomic mass is 10.2. The van der Waals surface area contributed by atoms with Crippen LogP contribution in [-0.2, 0) is 20.8 Å². The van der Waals surface area contributed by atoms with Crippen molar-refractivity contribution in [3.8, 4) is 0 Å². The van der Waals surface area contributed by atoms with Crippen LogP contribution in [0.15, 0.2) is 48.5 Å². The predicted molar refractivity (Wildman–Crippen MR) is 94.4 cm³/mol. The molecule has 2 aromatic carbocycles. The van der Waals surface area contributed by atoms with E-state index in [2.05, 4.69) is 10.6 Å². The lowest BCUT2D eigenvalue weighted by Crippen LogP contribution is -2.39. The van der Waals surface area contributed by atoms with E-state index in [-0.39, 0.29) is 12.5 Å². The molecule has 0 aliphatic carbocycles. The predicted octanol–water partition coefficient (Wildman–Crippen LogP) is 3.31. The van der Waals surface area contributed by atoms with Crippen LogP contribution >= 0.6 is 11.6 Å². The molecule has 5 nitrogen and oxygen atoms in total. The maximum absolute atomic E-state index is 12.3. The molecule has 0 aromatic heterocycles. The zero-order valence-corrected chi connectivity index (χ0v) is 13.9. The van der Waals surface area contributed by atoms with Crippen molar-refractivity contribution >= 4 is 28.9 Å². The molecule has 2 N–H and O–H groups in total. The molecule has 1 unspecified atom stereocenters. The number of hydrogen-bond acceptors (Lipinski definition) is 4. The Kier molecular flexibility index (Phi) is 5.69. The van der Waals surface area contributed by atoms with Crippen LogP contribution in [0.3, 0.4) is 0 Å². The standard InChI is InChI=1S/C18H19ClN2O3/c19-14-7-5-13(6-8-14)11-20-15-3-1-2-4-16(15)21-18(22)17-12-23-9-10-24-17/h1-8,17,20H,9-12H2,(H,21,22). The van der Waals surface area contributed by atoms with Gasteiger partial charge in [-0.05, 0) is 29.8 Å². The minimum Gasteiger partial charge on any atom is -0.379 e. The number of amides is 1. The number of para-hydroxylation sites is 2. The Hall–Kier alpha value is -2.08. The largest absolute Gasteiger partial charge is 0.379 e. The molecule has 0 radical (unpaired) electrons. The topological polar surface area (TPSA) is 59.6 Å². The lowest BCUT2D eigenvalue weighted by molar-refractivity contribution is -0.142. The summed E-state index contributed by atoms with van der Waals surface area (Å²) in [5.74, 6) is -0.199. The van der Waals surface area contributed by atoms with Crippen molar-refractivity contribution in [2.45, 2.75) is 12.6 Å². The fourth-order valence-corrected chi connectivity index (χ4v) is 2.52. The molecule has 1 heterocycles. The summed E-state index contributed by atoms with van der Waals surface area (Å²) in [5, 5.41) is 6.93. The van der Waals surface area contributed by atoms with Gasteiger partial charge in [-0.3, -0.25) is 4.79 Å². The molecule has 1 amide bonds. The van der Waals surface area contributed by atoms with Gasteiger partial charge in [0, 0.05) is 11.6 Å². The SMILES string of the molecule is O=C(Nc1ccccc1NCc1ccc(Cl)cc1)C1COCCO1. The second-order valence-electron chi connectivity index (χ2n) is 5.45. The first-order valence-corrected chi connectivity index (χ1v) is 8.18. The van der Waals surface area contributed by atoms with Crippen molar-refractivity contribution in [3.05, 3.63) is 59.1 Å². The normalized spacial score (nSPS) is 17.3. The average Bonchev–Trinajstić information content (AvgIpc) is 2.63. The maximum Gasteiger partial charge on any atom is 0.255 e. The number of carbonyl (C=O) groups is 1. The maximum atomic E-state index is 12.3. The van der Waals surface area contributed by atoms with Gasteiger partial charge in [-0.25, -0.2) is 0 Å². The van der Waals surface area contributed by atoms with E-state index in [1.54, 1.807) is 0 Å². The third-order valence-electron chi connectivity index (χ3n) is 3.69. The van der Waals surface area contributed by atoms with Crippen LogP contribution in [0.5, 0.6) is 0 Å². The second-order valence-corrected chi connectivity index (χ2v) is 5.89. The molecule has 0 saturated carbocycles. The number of benzene rings is 2. The Morgan fingerprint density at radius 1 is 1.08 bits per heavy atom. The molecular formula is C18H19ClN2O3. The van der Waals surface area contributed by atoms with Gasteiger partial charge in [0.05, 0.1) is 31.2 Å². The molecule has 3 rings (SSSR count). The molecule has 1 aliphatic rings. The van der Waals surface area contributed by atoms with Gasteiger partial charge in [0.1, 0.15) is 0 Å². The Balaban J connectivity index is 1.63. The quantitative estimate of drug-likeness (QED) is 0.872. The highest BCUT2D eigenvalue weighted by molar-refractivity contribution is 6.30. The summed E-state index contributed by atoms with van der Waals surface area (Å²) in [7, 11) is 0. The number of hydrogen-bond donors (Lipinski definition) is 2. The van der Waals surface area contributed by atoms with Gasteiger partial charge in [0.2, 0.25) is 0 Å². The van der Waals surface area contributed by atoms with Crippen LogP contribution in [0.1, 0.15) is 5.56 Å². The molecule has 1 aliphatic heterocycles. The van der Waals surface area contributed by atoms with Crippen molar-refractivity contribution in [1.29, 1.82) is 0 Å². The van der Waals surface area contributed by atoms with Crippen LogP contribution < -0.4 is 10.6 Å². The molecule has 6 heteroatoms. The Bertz CT molecular complexity index is 685. The smallest absolute Gasteiger partial charge is 0.255 e. The molecule has 126 valence electrons. The minimum absolute atomic E-state index is 0.199. The van der Waals surface area contributed by atoms with Crippen LogP contribution in [-0.4, -0.2) is 31.8 Å². The van der Waals surface area contributed by atoms with E-state index in [1.807, 2.05) is 48.5 Å². The highest BCUT2D eigenvalue weighted by atomic mass is 35.5. The van der Waals surface area contributed by atoms with Crippen LogP contribution in [0.2, 0.25) is 5.02 Å². The van der Waals surface area contributed by atoms with Gasteiger partial charge in [0.25, 0.3) is 5.91 Å². The molecule has 1 fully saturated rings. The third-order valence-corrected chi connectivity index (χ3v) is 3.94. The van der Waals surface area contributed by atoms with Crippen LogP contribution in [0.25, 0.3) is 0 Å². The van der Waals surface area contributed by atoms with Crippen LogP contribution in [0.4, 0.5) is 11.4 Å². The average molecular weight is 347 g/mol. The van der Waals surface area contributed by atoms with Crippen molar-refractivity contribution in [2.75, 3.05) is 30.5 Å². The summed E-state index contributed by atoms with van der Waals surface area (Å²) >= 11 is 5.90. The number of rotatable bonds is 5. The summed E-state index contributed by atoms with van der Waals surface area (Å²) in [4.78, 5) is 12.3. The van der Waals surface area contributed by atoms with E-state index in [4.69, 9.17) is 21.1 Å². The summed E-state index contributed by atoms with van der Waals surface area (Å²) in [6.45, 7) is 1.89. The number of nitrogens with one attached hydrogen (secondary N) is 2. The molecular weight excluding hydrogens is 328 g/mol. The monoisotopic (exact) mass is 346 g/mol. The summed E-state index contributed by atoms with van der Waals surface area (Å²) in [5.41, 5.74) is 2.66. The number of halogens is 1. The zero-order chi connectivity index (χ0) is 16.8. The first kappa shape index (κ1) is 16.8. The fraction of sp³-hybridized carbons (Fsp3) is 0.278. The Morgan fingerprint density at radius 2 is 1.83 bits per heavy atom. The van der Waals surface area contributed by atoms with Crippen molar-refractivity contribution in [1.82, 2.24) is 0 Å². The van der Waals surface area contributed by atoms with E-state index in [0.717, 1.165) is 11.3 Å². The van der Waals surface area contributed by atoms with Gasteiger partial charge < -0.3 is 20.1 Å². The molecule has 2 aromatic rings. The fourth-order valence-electron chi connectivity index (χ4n) is 2.40. The van der Waals surface area contributed by atoms with Crippen molar-refractivity contribution in [3.63, 3.8) is 0 Å². The van der Waals surface area contributed by atoms with Crippen molar-refractivity contribution in [2.24, 2.45) is 0 Å². The van der Waals surface area contributed by atoms with Crippen LogP contribution in [0, 0.1) is 0 Å². The molecule has 1 atom stereocenters. The summed E-state index contributed by atoms with van der Waals surface area (Å²) < 4.78 is 10.7. The lowest BCUT2D eigenvalue weighted by Gasteiger charge is -2.22. The van der Waals surface area contributed by atoms with Gasteiger partial charge >= 0.3 is 0 Å². The number of carbonyl (C=O) groups excluding carboxylic acids is 1.